The molecule has 0 aliphatic rings. The fourth-order valence-corrected chi connectivity index (χ4v) is 6.62. The van der Waals surface area contributed by atoms with Crippen molar-refractivity contribution in [2.45, 2.75) is 13.1 Å². The molecule has 2 heterocycles. The number of rotatable bonds is 8. The van der Waals surface area contributed by atoms with Gasteiger partial charge in [-0.2, -0.15) is 0 Å². The molecule has 2 aromatic heterocycles. The average molecular weight is 679 g/mol. The van der Waals surface area contributed by atoms with Gasteiger partial charge in [0.05, 0.1) is 53.2 Å². The van der Waals surface area contributed by atoms with E-state index >= 15 is 0 Å². The van der Waals surface area contributed by atoms with Crippen molar-refractivity contribution in [3.05, 3.63) is 79.0 Å². The maximum absolute atomic E-state index is 14.1. The summed E-state index contributed by atoms with van der Waals surface area (Å²) < 4.78 is 19.1. The summed E-state index contributed by atoms with van der Waals surface area (Å²) >= 11 is 12.7. The molecule has 3 N–H and O–H groups in total. The zero-order chi connectivity index (χ0) is 33.9. The van der Waals surface area contributed by atoms with Crippen LogP contribution >= 0.6 is 23.2 Å². The zero-order valence-electron chi connectivity index (χ0n) is 24.9. The van der Waals surface area contributed by atoms with E-state index in [1.165, 1.54) is 42.6 Å². The first-order chi connectivity index (χ1) is 22.4. The summed E-state index contributed by atoms with van der Waals surface area (Å²) in [6.07, 6.45) is 0. The molecule has 0 spiro atoms. The van der Waals surface area contributed by atoms with Crippen LogP contribution in [0.15, 0.2) is 58.1 Å². The van der Waals surface area contributed by atoms with E-state index in [0.29, 0.717) is 11.1 Å². The van der Waals surface area contributed by atoms with Crippen molar-refractivity contribution in [1.29, 1.82) is 0 Å². The Kier molecular flexibility index (Phi) is 7.86. The fourth-order valence-electron chi connectivity index (χ4n) is 6.08. The summed E-state index contributed by atoms with van der Waals surface area (Å²) in [5.41, 5.74) is 0.564. The van der Waals surface area contributed by atoms with Crippen LogP contribution in [0.3, 0.4) is 0 Å². The number of methoxy groups -OCH3 is 3. The number of ether oxygens (including phenoxy) is 3. The molecule has 0 saturated carbocycles. The molecule has 0 amide bonds. The minimum Gasteiger partial charge on any atom is -0.507 e. The Bertz CT molecular complexity index is 2470. The highest BCUT2D eigenvalue weighted by atomic mass is 35.5. The molecule has 0 atom stereocenters. The second-order valence-electron chi connectivity index (χ2n) is 10.5. The third-order valence-electron chi connectivity index (χ3n) is 7.97. The number of phenolic OH excluding ortho intramolecular Hbond substituents is 1. The van der Waals surface area contributed by atoms with Gasteiger partial charge in [0.15, 0.2) is 11.5 Å². The Balaban J connectivity index is 1.69. The Labute approximate surface area is 274 Å². The lowest BCUT2D eigenvalue weighted by molar-refractivity contribution is -0.138. The Morgan fingerprint density at radius 3 is 1.57 bits per heavy atom. The molecule has 14 heteroatoms. The van der Waals surface area contributed by atoms with E-state index in [0.717, 1.165) is 6.07 Å². The van der Waals surface area contributed by atoms with Gasteiger partial charge in [-0.15, -0.1) is 0 Å². The highest BCUT2D eigenvalue weighted by Gasteiger charge is 2.24. The number of halogens is 2. The molecule has 0 saturated heterocycles. The summed E-state index contributed by atoms with van der Waals surface area (Å²) in [6, 6.07) is 12.1. The number of fused-ring (bicyclic) bond motifs is 4. The van der Waals surface area contributed by atoms with Gasteiger partial charge in [-0.3, -0.25) is 19.2 Å². The molecule has 0 aliphatic heterocycles. The summed E-state index contributed by atoms with van der Waals surface area (Å²) in [6.45, 7) is -1.11. The van der Waals surface area contributed by atoms with E-state index in [1.807, 2.05) is 0 Å². The Morgan fingerprint density at radius 1 is 0.681 bits per heavy atom. The number of aromatic hydroxyl groups is 1. The maximum Gasteiger partial charge on any atom is 0.323 e. The quantitative estimate of drug-likeness (QED) is 0.175. The molecule has 47 heavy (non-hydrogen) atoms. The number of pyridine rings is 2. The number of phenols is 1. The van der Waals surface area contributed by atoms with Crippen LogP contribution in [0.1, 0.15) is 0 Å². The van der Waals surface area contributed by atoms with E-state index in [4.69, 9.17) is 37.4 Å². The van der Waals surface area contributed by atoms with Crippen LogP contribution in [0.4, 0.5) is 0 Å². The van der Waals surface area contributed by atoms with Crippen LogP contribution in [-0.4, -0.2) is 57.7 Å². The van der Waals surface area contributed by atoms with Gasteiger partial charge in [0.2, 0.25) is 10.9 Å². The number of carboxylic acids is 2. The highest BCUT2D eigenvalue weighted by molar-refractivity contribution is 6.34. The number of aromatic nitrogens is 2. The zero-order valence-corrected chi connectivity index (χ0v) is 26.4. The van der Waals surface area contributed by atoms with Gasteiger partial charge in [0.25, 0.3) is 0 Å². The number of benzene rings is 4. The summed E-state index contributed by atoms with van der Waals surface area (Å²) in [5.74, 6) is -2.60. The molecule has 12 nitrogen and oxygen atoms in total. The normalized spacial score (nSPS) is 11.4. The van der Waals surface area contributed by atoms with Crippen molar-refractivity contribution in [2.24, 2.45) is 0 Å². The topological polar surface area (TPSA) is 167 Å². The first-order valence-electron chi connectivity index (χ1n) is 13.8. The number of carboxylic acid groups (broad SMARTS) is 2. The maximum atomic E-state index is 14.1. The number of hydrogen-bond acceptors (Lipinski definition) is 8. The highest BCUT2D eigenvalue weighted by Crippen LogP contribution is 2.41. The van der Waals surface area contributed by atoms with E-state index in [1.54, 1.807) is 30.3 Å². The largest absolute Gasteiger partial charge is 0.507 e. The molecule has 0 aliphatic carbocycles. The van der Waals surface area contributed by atoms with Crippen molar-refractivity contribution in [3.8, 4) is 34.1 Å². The molecule has 0 fully saturated rings. The summed E-state index contributed by atoms with van der Waals surface area (Å²) in [4.78, 5) is 51.8. The number of carbonyl (C=O) groups is 2. The smallest absolute Gasteiger partial charge is 0.323 e. The van der Waals surface area contributed by atoms with Crippen LogP contribution in [0.2, 0.25) is 10.0 Å². The van der Waals surface area contributed by atoms with Crippen LogP contribution in [0, 0.1) is 0 Å². The second kappa shape index (κ2) is 11.7. The van der Waals surface area contributed by atoms with Crippen LogP contribution < -0.4 is 25.1 Å². The minimum absolute atomic E-state index is 0.0132. The monoisotopic (exact) mass is 678 g/mol. The van der Waals surface area contributed by atoms with Gasteiger partial charge in [0, 0.05) is 22.9 Å². The number of aliphatic carboxylic acids is 2. The lowest BCUT2D eigenvalue weighted by atomic mass is 9.98. The van der Waals surface area contributed by atoms with Crippen LogP contribution in [-0.2, 0) is 22.7 Å². The third-order valence-corrected chi connectivity index (χ3v) is 8.53. The SMILES string of the molecule is COc1cc(Cl)c(OC)c2c1c(=O)c1cc(-c3ccc4c(c3)c(=O)c3c(O)cc(Cl)c(OC)c3n4CC(=O)O)ccc1n2CC(=O)O. The van der Waals surface area contributed by atoms with Gasteiger partial charge in [-0.1, -0.05) is 35.3 Å². The molecular formula is C33H24Cl2N2O10. The third kappa shape index (κ3) is 4.93. The molecular weight excluding hydrogens is 655 g/mol. The van der Waals surface area contributed by atoms with Crippen molar-refractivity contribution >= 4 is 78.8 Å². The molecule has 0 radical (unpaired) electrons. The molecule has 4 aromatic carbocycles. The second-order valence-corrected chi connectivity index (χ2v) is 11.3. The molecule has 0 unspecified atom stereocenters. The molecule has 6 aromatic rings. The molecule has 240 valence electrons. The van der Waals surface area contributed by atoms with Crippen LogP contribution in [0.25, 0.3) is 54.7 Å². The fraction of sp³-hybridized carbons (Fsp3) is 0.152. The Hall–Kier alpha value is -5.46. The van der Waals surface area contributed by atoms with Gasteiger partial charge in [0.1, 0.15) is 35.6 Å². The van der Waals surface area contributed by atoms with Gasteiger partial charge in [-0.25, -0.2) is 0 Å². The van der Waals surface area contributed by atoms with Crippen LogP contribution in [0.5, 0.6) is 23.0 Å². The van der Waals surface area contributed by atoms with Crippen molar-refractivity contribution < 1.29 is 39.1 Å². The van der Waals surface area contributed by atoms with Gasteiger partial charge < -0.3 is 38.7 Å². The number of hydrogen-bond donors (Lipinski definition) is 3. The van der Waals surface area contributed by atoms with E-state index < -0.39 is 41.6 Å². The first-order valence-corrected chi connectivity index (χ1v) is 14.6. The number of nitrogens with zero attached hydrogens (tertiary/aromatic N) is 2. The minimum atomic E-state index is -1.21. The predicted octanol–water partition coefficient (Wildman–Crippen LogP) is 5.50. The van der Waals surface area contributed by atoms with E-state index in [9.17, 15) is 34.5 Å². The predicted molar refractivity (Wildman–Crippen MR) is 177 cm³/mol. The summed E-state index contributed by atoms with van der Waals surface area (Å²) in [5, 5.41) is 30.5. The lowest BCUT2D eigenvalue weighted by Gasteiger charge is -2.19. The first kappa shape index (κ1) is 31.5. The lowest BCUT2D eigenvalue weighted by Crippen LogP contribution is -2.17. The summed E-state index contributed by atoms with van der Waals surface area (Å²) in [7, 11) is 4.03. The Morgan fingerprint density at radius 2 is 1.13 bits per heavy atom. The van der Waals surface area contributed by atoms with Crippen molar-refractivity contribution in [2.75, 3.05) is 21.3 Å². The molecule has 0 bridgehead atoms. The van der Waals surface area contributed by atoms with Crippen molar-refractivity contribution in [3.63, 3.8) is 0 Å². The average Bonchev–Trinajstić information content (AvgIpc) is 3.03. The van der Waals surface area contributed by atoms with Crippen molar-refractivity contribution in [1.82, 2.24) is 9.13 Å². The van der Waals surface area contributed by atoms with E-state index in [2.05, 4.69) is 0 Å². The van der Waals surface area contributed by atoms with E-state index in [-0.39, 0.29) is 70.9 Å². The van der Waals surface area contributed by atoms with Gasteiger partial charge >= 0.3 is 11.9 Å². The molecule has 6 rings (SSSR count). The van der Waals surface area contributed by atoms with Gasteiger partial charge in [-0.05, 0) is 35.4 Å². The standard InChI is InChI=1S/C33H24Cl2N2O10/c1-45-23-11-19(35)33(47-3)29-27(23)31(44)17-9-15(5-7-21(17)37(29)13-25(41)42)14-4-6-20-16(8-14)30(43)26-22(38)10-18(34)32(46-2)28(26)36(20)12-24(39)40/h4-11,38H,12-13H2,1-3H3,(H,39,40)(H,41,42).